The molecule has 0 aliphatic rings. The summed E-state index contributed by atoms with van der Waals surface area (Å²) in [7, 11) is 0. The summed E-state index contributed by atoms with van der Waals surface area (Å²) in [5, 5.41) is 0. The monoisotopic (exact) mass is 318 g/mol. The van der Waals surface area contributed by atoms with Gasteiger partial charge in [-0.25, -0.2) is 8.78 Å². The molecule has 0 heterocycles. The molecule has 0 aliphatic heterocycles. The summed E-state index contributed by atoms with van der Waals surface area (Å²) in [4.78, 5) is 11.9. The van der Waals surface area contributed by atoms with Crippen molar-refractivity contribution in [2.45, 2.75) is 33.6 Å². The number of benzene rings is 1. The predicted octanol–water partition coefficient (Wildman–Crippen LogP) is 4.98. The minimum atomic E-state index is -0.802. The van der Waals surface area contributed by atoms with Crippen LogP contribution in [0, 0.1) is 23.5 Å². The molecule has 0 radical (unpaired) electrons. The molecule has 0 N–H and O–H groups in total. The lowest BCUT2D eigenvalue weighted by Gasteiger charge is -2.13. The van der Waals surface area contributed by atoms with Crippen molar-refractivity contribution < 1.29 is 13.6 Å². The molecule has 1 unspecified atom stereocenters. The second kappa shape index (κ2) is 6.41. The molecule has 0 amide bonds. The van der Waals surface area contributed by atoms with E-state index < -0.39 is 23.0 Å². The van der Waals surface area contributed by atoms with Crippen molar-refractivity contribution in [3.8, 4) is 0 Å². The van der Waals surface area contributed by atoms with Crippen molar-refractivity contribution in [3.63, 3.8) is 0 Å². The molecule has 0 aliphatic carbocycles. The highest BCUT2D eigenvalue weighted by Crippen LogP contribution is 2.23. The minimum absolute atomic E-state index is 0.125. The molecule has 4 heteroatoms. The third-order valence-electron chi connectivity index (χ3n) is 2.69. The van der Waals surface area contributed by atoms with Gasteiger partial charge in [0, 0.05) is 10.9 Å². The summed E-state index contributed by atoms with van der Waals surface area (Å²) in [6.07, 6.45) is 1.04. The highest BCUT2D eigenvalue weighted by Gasteiger charge is 2.20. The molecular formula is C14H17BrF2O. The van der Waals surface area contributed by atoms with Crippen LogP contribution in [0.2, 0.25) is 0 Å². The number of carbonyl (C=O) groups is 1. The number of halogens is 3. The summed E-state index contributed by atoms with van der Waals surface area (Å²) in [5.41, 5.74) is -0.422. The van der Waals surface area contributed by atoms with Crippen molar-refractivity contribution in [1.82, 2.24) is 0 Å². The van der Waals surface area contributed by atoms with Crippen LogP contribution in [0.3, 0.4) is 0 Å². The Morgan fingerprint density at radius 2 is 1.72 bits per heavy atom. The molecule has 1 rings (SSSR count). The summed E-state index contributed by atoms with van der Waals surface area (Å²) in [6.45, 7) is 6.04. The zero-order valence-electron chi connectivity index (χ0n) is 10.8. The molecule has 1 aromatic carbocycles. The van der Waals surface area contributed by atoms with Crippen molar-refractivity contribution >= 4 is 21.7 Å². The Morgan fingerprint density at radius 3 is 2.17 bits per heavy atom. The van der Waals surface area contributed by atoms with Gasteiger partial charge in [0.2, 0.25) is 0 Å². The molecule has 1 atom stereocenters. The van der Waals surface area contributed by atoms with Crippen molar-refractivity contribution in [2.24, 2.45) is 11.8 Å². The number of ketones is 1. The molecule has 0 saturated carbocycles. The molecule has 0 bridgehead atoms. The van der Waals surface area contributed by atoms with Crippen molar-refractivity contribution in [3.05, 3.63) is 33.8 Å². The molecule has 0 aromatic heterocycles. The maximum Gasteiger partial charge on any atom is 0.169 e. The Bertz CT molecular complexity index is 420. The normalized spacial score (nSPS) is 12.8. The molecule has 0 spiro atoms. The smallest absolute Gasteiger partial charge is 0.169 e. The Balaban J connectivity index is 2.85. The second-order valence-corrected chi connectivity index (χ2v) is 6.02. The van der Waals surface area contributed by atoms with Crippen LogP contribution in [0.4, 0.5) is 8.78 Å². The van der Waals surface area contributed by atoms with Gasteiger partial charge in [-0.1, -0.05) is 36.7 Å². The average Bonchev–Trinajstić information content (AvgIpc) is 2.12. The zero-order chi connectivity index (χ0) is 13.9. The lowest BCUT2D eigenvalue weighted by molar-refractivity contribution is 0.0952. The summed E-state index contributed by atoms with van der Waals surface area (Å²) < 4.78 is 27.5. The summed E-state index contributed by atoms with van der Waals surface area (Å²) in [6, 6.07) is 2.23. The Hall–Kier alpha value is -0.770. The Labute approximate surface area is 115 Å². The van der Waals surface area contributed by atoms with Gasteiger partial charge >= 0.3 is 0 Å². The summed E-state index contributed by atoms with van der Waals surface area (Å²) in [5.74, 6) is -1.48. The van der Waals surface area contributed by atoms with E-state index in [0.717, 1.165) is 18.6 Å². The highest BCUT2D eigenvalue weighted by molar-refractivity contribution is 9.10. The van der Waals surface area contributed by atoms with E-state index in [4.69, 9.17) is 0 Å². The fraction of sp³-hybridized carbons (Fsp3) is 0.500. The van der Waals surface area contributed by atoms with Crippen molar-refractivity contribution in [1.29, 1.82) is 0 Å². The number of Topliss-reactive ketones (excluding diaryl/α,β-unsaturated/α-hetero) is 1. The number of hydrogen-bond donors (Lipinski definition) is 0. The Morgan fingerprint density at radius 1 is 1.22 bits per heavy atom. The van der Waals surface area contributed by atoms with Crippen LogP contribution in [-0.2, 0) is 0 Å². The van der Waals surface area contributed by atoms with Crippen LogP contribution in [0.25, 0.3) is 0 Å². The molecule has 0 fully saturated rings. The van der Waals surface area contributed by atoms with Crippen LogP contribution < -0.4 is 0 Å². The van der Waals surface area contributed by atoms with Gasteiger partial charge in [-0.15, -0.1) is 0 Å². The van der Waals surface area contributed by atoms with E-state index in [2.05, 4.69) is 29.8 Å². The van der Waals surface area contributed by atoms with Crippen LogP contribution in [0.5, 0.6) is 0 Å². The quantitative estimate of drug-likeness (QED) is 0.699. The number of rotatable bonds is 5. The van der Waals surface area contributed by atoms with Gasteiger partial charge in [-0.05, 0) is 30.4 Å². The van der Waals surface area contributed by atoms with E-state index in [1.807, 2.05) is 6.92 Å². The topological polar surface area (TPSA) is 17.1 Å². The van der Waals surface area contributed by atoms with Gasteiger partial charge in [0.05, 0.1) is 5.56 Å². The van der Waals surface area contributed by atoms with E-state index in [0.29, 0.717) is 10.4 Å². The van der Waals surface area contributed by atoms with Gasteiger partial charge in [0.1, 0.15) is 11.6 Å². The van der Waals surface area contributed by atoms with E-state index in [1.54, 1.807) is 0 Å². The number of carbonyl (C=O) groups excluding carboxylic acids is 1. The van der Waals surface area contributed by atoms with Crippen LogP contribution >= 0.6 is 15.9 Å². The molecule has 0 saturated heterocycles. The largest absolute Gasteiger partial charge is 0.294 e. The first-order valence-corrected chi connectivity index (χ1v) is 6.78. The zero-order valence-corrected chi connectivity index (χ0v) is 12.4. The first-order chi connectivity index (χ1) is 8.31. The van der Waals surface area contributed by atoms with E-state index in [-0.39, 0.29) is 12.3 Å². The predicted molar refractivity (Wildman–Crippen MR) is 71.6 cm³/mol. The van der Waals surface area contributed by atoms with Crippen LogP contribution in [0.1, 0.15) is 44.0 Å². The number of hydrogen-bond acceptors (Lipinski definition) is 1. The van der Waals surface area contributed by atoms with E-state index in [9.17, 15) is 13.6 Å². The molecular weight excluding hydrogens is 302 g/mol. The fourth-order valence-corrected chi connectivity index (χ4v) is 2.52. The second-order valence-electron chi connectivity index (χ2n) is 5.11. The molecule has 1 nitrogen and oxygen atoms in total. The van der Waals surface area contributed by atoms with Gasteiger partial charge in [0.15, 0.2) is 5.78 Å². The first-order valence-electron chi connectivity index (χ1n) is 5.99. The maximum atomic E-state index is 13.6. The fourth-order valence-electron chi connectivity index (χ4n) is 2.12. The maximum absolute atomic E-state index is 13.6. The standard InChI is InChI=1S/C14H17BrF2O/c1-8(2)4-9(3)5-13(18)14-11(16)6-10(15)7-12(14)17/h6-9H,4-5H2,1-3H3. The third kappa shape index (κ3) is 4.16. The van der Waals surface area contributed by atoms with Gasteiger partial charge in [-0.3, -0.25) is 4.79 Å². The van der Waals surface area contributed by atoms with Gasteiger partial charge in [-0.2, -0.15) is 0 Å². The molecule has 100 valence electrons. The third-order valence-corrected chi connectivity index (χ3v) is 3.15. The van der Waals surface area contributed by atoms with E-state index in [1.165, 1.54) is 0 Å². The average molecular weight is 319 g/mol. The van der Waals surface area contributed by atoms with Crippen LogP contribution in [0.15, 0.2) is 16.6 Å². The van der Waals surface area contributed by atoms with Crippen LogP contribution in [-0.4, -0.2) is 5.78 Å². The summed E-state index contributed by atoms with van der Waals surface area (Å²) >= 11 is 2.99. The first kappa shape index (κ1) is 15.3. The highest BCUT2D eigenvalue weighted by atomic mass is 79.9. The SMILES string of the molecule is CC(C)CC(C)CC(=O)c1c(F)cc(Br)cc1F. The van der Waals surface area contributed by atoms with Gasteiger partial charge < -0.3 is 0 Å². The lowest BCUT2D eigenvalue weighted by atomic mass is 9.92. The Kier molecular flexibility index (Phi) is 5.45. The molecule has 1 aromatic rings. The van der Waals surface area contributed by atoms with Gasteiger partial charge in [0.25, 0.3) is 0 Å². The molecule has 18 heavy (non-hydrogen) atoms. The minimum Gasteiger partial charge on any atom is -0.294 e. The van der Waals surface area contributed by atoms with E-state index >= 15 is 0 Å². The van der Waals surface area contributed by atoms with Crippen molar-refractivity contribution in [2.75, 3.05) is 0 Å². The lowest BCUT2D eigenvalue weighted by Crippen LogP contribution is -2.12.